The highest BCUT2D eigenvalue weighted by atomic mass is 35.5. The van der Waals surface area contributed by atoms with Crippen LogP contribution in [0.3, 0.4) is 0 Å². The van der Waals surface area contributed by atoms with Crippen LogP contribution in [0.25, 0.3) is 22.1 Å². The molecule has 1 amide bonds. The number of para-hydroxylation sites is 1. The van der Waals surface area contributed by atoms with E-state index >= 15 is 0 Å². The van der Waals surface area contributed by atoms with Crippen LogP contribution in [0.15, 0.2) is 58.3 Å². The number of benzene rings is 2. The minimum Gasteiger partial charge on any atom is -0.490 e. The number of thiophene rings is 1. The molecule has 0 bridgehead atoms. The Morgan fingerprint density at radius 1 is 1.18 bits per heavy atom. The van der Waals surface area contributed by atoms with Crippen molar-refractivity contribution in [2.75, 3.05) is 19.0 Å². The molecular formula is C24H19ClN2O5S. The molecule has 2 aromatic carbocycles. The zero-order valence-corrected chi connectivity index (χ0v) is 19.3. The number of hydrogen-bond donors (Lipinski definition) is 2. The van der Waals surface area contributed by atoms with Gasteiger partial charge in [0.1, 0.15) is 16.1 Å². The fourth-order valence-corrected chi connectivity index (χ4v) is 4.42. The molecule has 7 nitrogen and oxygen atoms in total. The molecule has 2 heterocycles. The van der Waals surface area contributed by atoms with Crippen molar-refractivity contribution in [2.24, 2.45) is 0 Å². The minimum atomic E-state index is -0.591. The van der Waals surface area contributed by atoms with E-state index in [9.17, 15) is 9.59 Å². The fourth-order valence-electron chi connectivity index (χ4n) is 3.34. The Labute approximate surface area is 198 Å². The molecule has 2 aromatic heterocycles. The molecule has 0 aliphatic heterocycles. The van der Waals surface area contributed by atoms with Gasteiger partial charge in [-0.25, -0.2) is 4.79 Å². The first-order valence-electron chi connectivity index (χ1n) is 9.94. The smallest absolute Gasteiger partial charge is 0.341 e. The molecule has 0 aliphatic carbocycles. The number of ether oxygens (including phenoxy) is 2. The lowest BCUT2D eigenvalue weighted by molar-refractivity contribution is 0.0603. The molecule has 0 aliphatic rings. The highest BCUT2D eigenvalue weighted by molar-refractivity contribution is 7.15. The number of rotatable bonds is 6. The Bertz CT molecular complexity index is 1410. The van der Waals surface area contributed by atoms with Gasteiger partial charge in [-0.2, -0.15) is 0 Å². The van der Waals surface area contributed by atoms with Gasteiger partial charge in [-0.05, 0) is 36.8 Å². The van der Waals surface area contributed by atoms with Gasteiger partial charge in [0.05, 0.1) is 13.7 Å². The lowest BCUT2D eigenvalue weighted by Gasteiger charge is -2.10. The summed E-state index contributed by atoms with van der Waals surface area (Å²) in [7, 11) is 1.28. The molecule has 0 fully saturated rings. The number of hydrogen-bond acceptors (Lipinski definition) is 7. The number of nitrogens with one attached hydrogen (secondary N) is 2. The first-order chi connectivity index (χ1) is 15.9. The number of fused-ring (bicyclic) bond motifs is 1. The molecule has 4 aromatic rings. The van der Waals surface area contributed by atoms with Crippen LogP contribution in [-0.4, -0.2) is 25.6 Å². The first kappa shape index (κ1) is 22.6. The maximum Gasteiger partial charge on any atom is 0.341 e. The summed E-state index contributed by atoms with van der Waals surface area (Å²) in [6.45, 7) is 2.29. The lowest BCUT2D eigenvalue weighted by Crippen LogP contribution is -2.21. The Balaban J connectivity index is 1.72. The third-order valence-corrected chi connectivity index (χ3v) is 6.01. The first-order valence-corrected chi connectivity index (χ1v) is 11.2. The second-order valence-corrected chi connectivity index (χ2v) is 8.22. The Hall–Kier alpha value is -3.62. The van der Waals surface area contributed by atoms with Gasteiger partial charge in [0.25, 0.3) is 5.91 Å². The van der Waals surface area contributed by atoms with E-state index in [1.807, 2.05) is 6.92 Å². The molecule has 168 valence electrons. The summed E-state index contributed by atoms with van der Waals surface area (Å²) >= 11 is 7.16. The molecular weight excluding hydrogens is 464 g/mol. The largest absolute Gasteiger partial charge is 0.490 e. The van der Waals surface area contributed by atoms with Gasteiger partial charge < -0.3 is 19.2 Å². The summed E-state index contributed by atoms with van der Waals surface area (Å²) < 4.78 is 16.1. The summed E-state index contributed by atoms with van der Waals surface area (Å²) in [5.41, 5.74) is 1.67. The van der Waals surface area contributed by atoms with Gasteiger partial charge in [-0.3, -0.25) is 10.2 Å². The van der Waals surface area contributed by atoms with Crippen molar-refractivity contribution in [1.82, 2.24) is 0 Å². The average molecular weight is 483 g/mol. The van der Waals surface area contributed by atoms with E-state index in [1.165, 1.54) is 18.4 Å². The van der Waals surface area contributed by atoms with E-state index in [-0.39, 0.29) is 16.7 Å². The molecule has 0 saturated heterocycles. The number of carbonyl (C=O) groups is 2. The zero-order chi connectivity index (χ0) is 23.5. The van der Waals surface area contributed by atoms with Gasteiger partial charge in [-0.1, -0.05) is 35.9 Å². The number of esters is 1. The fraction of sp³-hybridized carbons (Fsp3) is 0.125. The van der Waals surface area contributed by atoms with Gasteiger partial charge in [0.2, 0.25) is 5.55 Å². The molecule has 0 unspecified atom stereocenters. The summed E-state index contributed by atoms with van der Waals surface area (Å²) in [6.07, 6.45) is 0. The summed E-state index contributed by atoms with van der Waals surface area (Å²) in [5, 5.41) is 14.2. The number of anilines is 1. The molecule has 0 spiro atoms. The van der Waals surface area contributed by atoms with Crippen LogP contribution in [0.5, 0.6) is 5.75 Å². The van der Waals surface area contributed by atoms with E-state index in [1.54, 1.807) is 53.9 Å². The highest BCUT2D eigenvalue weighted by Crippen LogP contribution is 2.37. The molecule has 0 radical (unpaired) electrons. The average Bonchev–Trinajstić information content (AvgIpc) is 3.22. The van der Waals surface area contributed by atoms with Crippen LogP contribution in [0, 0.1) is 5.41 Å². The van der Waals surface area contributed by atoms with Crippen molar-refractivity contribution in [3.05, 3.63) is 75.6 Å². The number of amides is 1. The van der Waals surface area contributed by atoms with E-state index in [2.05, 4.69) is 5.32 Å². The number of halogens is 1. The van der Waals surface area contributed by atoms with Crippen LogP contribution in [0.4, 0.5) is 5.00 Å². The van der Waals surface area contributed by atoms with Crippen molar-refractivity contribution < 1.29 is 23.5 Å². The maximum absolute atomic E-state index is 13.1. The van der Waals surface area contributed by atoms with Gasteiger partial charge in [-0.15, -0.1) is 11.3 Å². The highest BCUT2D eigenvalue weighted by Gasteiger charge is 2.24. The standard InChI is InChI=1S/C24H19ClN2O5S/c1-3-31-18-6-4-5-14-11-16(21(26)32-20(14)18)22(28)27-23-19(24(29)30-2)17(12-33-23)13-7-9-15(25)10-8-13/h4-12,26H,3H2,1-2H3,(H,27,28). The van der Waals surface area contributed by atoms with Crippen molar-refractivity contribution >= 4 is 50.8 Å². The van der Waals surface area contributed by atoms with Crippen LogP contribution < -0.4 is 15.6 Å². The molecule has 0 saturated carbocycles. The molecule has 4 rings (SSSR count). The molecule has 0 atom stereocenters. The van der Waals surface area contributed by atoms with E-state index in [4.69, 9.17) is 30.9 Å². The maximum atomic E-state index is 13.1. The van der Waals surface area contributed by atoms with Crippen LogP contribution in [-0.2, 0) is 4.74 Å². The third kappa shape index (κ3) is 4.48. The lowest BCUT2D eigenvalue weighted by atomic mass is 10.0. The summed E-state index contributed by atoms with van der Waals surface area (Å²) in [4.78, 5) is 25.6. The van der Waals surface area contributed by atoms with Crippen LogP contribution >= 0.6 is 22.9 Å². The SMILES string of the molecule is CCOc1cccc2cc(C(=O)Nc3scc(-c4ccc(Cl)cc4)c3C(=O)OC)c(=N)oc12. The van der Waals surface area contributed by atoms with E-state index < -0.39 is 11.9 Å². The normalized spacial score (nSPS) is 10.8. The zero-order valence-electron chi connectivity index (χ0n) is 17.7. The van der Waals surface area contributed by atoms with E-state index in [0.29, 0.717) is 38.9 Å². The quantitative estimate of drug-likeness (QED) is 0.341. The van der Waals surface area contributed by atoms with Crippen molar-refractivity contribution in [3.8, 4) is 16.9 Å². The van der Waals surface area contributed by atoms with Crippen LogP contribution in [0.2, 0.25) is 5.02 Å². The molecule has 2 N–H and O–H groups in total. The monoisotopic (exact) mass is 482 g/mol. The van der Waals surface area contributed by atoms with Crippen molar-refractivity contribution in [3.63, 3.8) is 0 Å². The number of methoxy groups -OCH3 is 1. The van der Waals surface area contributed by atoms with Gasteiger partial charge in [0, 0.05) is 21.4 Å². The minimum absolute atomic E-state index is 0.0217. The van der Waals surface area contributed by atoms with Gasteiger partial charge in [0.15, 0.2) is 11.3 Å². The van der Waals surface area contributed by atoms with E-state index in [0.717, 1.165) is 5.56 Å². The summed E-state index contributed by atoms with van der Waals surface area (Å²) in [5.74, 6) is -0.677. The second kappa shape index (κ2) is 9.48. The predicted molar refractivity (Wildman–Crippen MR) is 127 cm³/mol. The third-order valence-electron chi connectivity index (χ3n) is 4.87. The summed E-state index contributed by atoms with van der Waals surface area (Å²) in [6, 6.07) is 13.8. The second-order valence-electron chi connectivity index (χ2n) is 6.90. The Kier molecular flexibility index (Phi) is 6.48. The topological polar surface area (TPSA) is 102 Å². The number of carbonyl (C=O) groups excluding carboxylic acids is 2. The Morgan fingerprint density at radius 3 is 2.64 bits per heavy atom. The van der Waals surface area contributed by atoms with Crippen molar-refractivity contribution in [2.45, 2.75) is 6.92 Å². The molecule has 33 heavy (non-hydrogen) atoms. The van der Waals surface area contributed by atoms with Gasteiger partial charge >= 0.3 is 5.97 Å². The van der Waals surface area contributed by atoms with Crippen molar-refractivity contribution in [1.29, 1.82) is 5.41 Å². The predicted octanol–water partition coefficient (Wildman–Crippen LogP) is 5.73. The molecule has 9 heteroatoms. The Morgan fingerprint density at radius 2 is 1.94 bits per heavy atom. The van der Waals surface area contributed by atoms with Crippen LogP contribution in [0.1, 0.15) is 27.6 Å².